The number of carbonyl (C=O) groups excluding carboxylic acids is 1. The average Bonchev–Trinajstić information content (AvgIpc) is 3.04. The van der Waals surface area contributed by atoms with Crippen molar-refractivity contribution in [2.24, 2.45) is 5.92 Å². The zero-order chi connectivity index (χ0) is 19.3. The van der Waals surface area contributed by atoms with Crippen molar-refractivity contribution in [1.82, 2.24) is 15.1 Å². The molecule has 0 spiro atoms. The smallest absolute Gasteiger partial charge is 0.326 e. The summed E-state index contributed by atoms with van der Waals surface area (Å²) < 4.78 is 6.84. The Bertz CT molecular complexity index is 766. The molecule has 1 heterocycles. The van der Waals surface area contributed by atoms with E-state index in [0.29, 0.717) is 18.4 Å². The van der Waals surface area contributed by atoms with Crippen LogP contribution in [0.25, 0.3) is 5.69 Å². The maximum Gasteiger partial charge on any atom is 0.326 e. The molecule has 2 rings (SSSR count). The molecule has 1 aromatic heterocycles. The number of hydrogen-bond acceptors (Lipinski definition) is 4. The predicted octanol–water partition coefficient (Wildman–Crippen LogP) is 2.67. The van der Waals surface area contributed by atoms with Crippen LogP contribution < -0.4 is 10.1 Å². The van der Waals surface area contributed by atoms with Crippen LogP contribution >= 0.6 is 0 Å². The first-order chi connectivity index (χ1) is 12.4. The number of carbonyl (C=O) groups is 2. The number of aromatic nitrogens is 2. The molecule has 1 atom stereocenters. The Morgan fingerprint density at radius 3 is 2.42 bits per heavy atom. The van der Waals surface area contributed by atoms with Crippen molar-refractivity contribution in [3.05, 3.63) is 41.7 Å². The first-order valence-corrected chi connectivity index (χ1v) is 8.62. The van der Waals surface area contributed by atoms with Crippen LogP contribution in [0, 0.1) is 5.92 Å². The molecule has 1 amide bonds. The van der Waals surface area contributed by atoms with Gasteiger partial charge in [0, 0.05) is 0 Å². The summed E-state index contributed by atoms with van der Waals surface area (Å²) in [5, 5.41) is 16.3. The van der Waals surface area contributed by atoms with Crippen molar-refractivity contribution in [3.63, 3.8) is 0 Å². The molecule has 0 aliphatic carbocycles. The Labute approximate surface area is 153 Å². The number of nitrogens with zero attached hydrogens (tertiary/aromatic N) is 2. The molecule has 0 aliphatic heterocycles. The Balaban J connectivity index is 2.28. The largest absolute Gasteiger partial charge is 0.497 e. The average molecular weight is 359 g/mol. The number of rotatable bonds is 8. The summed E-state index contributed by atoms with van der Waals surface area (Å²) in [6, 6.07) is 6.42. The molecule has 7 nitrogen and oxygen atoms in total. The maximum absolute atomic E-state index is 12.6. The molecular formula is C19H25N3O4. The zero-order valence-electron chi connectivity index (χ0n) is 15.5. The highest BCUT2D eigenvalue weighted by molar-refractivity contribution is 5.97. The van der Waals surface area contributed by atoms with E-state index in [9.17, 15) is 14.7 Å². The Morgan fingerprint density at radius 1 is 1.27 bits per heavy atom. The summed E-state index contributed by atoms with van der Waals surface area (Å²) in [6.45, 7) is 5.76. The lowest BCUT2D eigenvalue weighted by molar-refractivity contribution is -0.139. The fraction of sp³-hybridized carbons (Fsp3) is 0.421. The van der Waals surface area contributed by atoms with Crippen molar-refractivity contribution in [2.75, 3.05) is 7.11 Å². The Kier molecular flexibility index (Phi) is 6.38. The first kappa shape index (κ1) is 19.5. The van der Waals surface area contributed by atoms with E-state index in [1.54, 1.807) is 11.8 Å². The van der Waals surface area contributed by atoms with Gasteiger partial charge in [-0.15, -0.1) is 0 Å². The van der Waals surface area contributed by atoms with E-state index in [4.69, 9.17) is 4.74 Å². The molecule has 0 saturated heterocycles. The quantitative estimate of drug-likeness (QED) is 0.756. The lowest BCUT2D eigenvalue weighted by atomic mass is 10.0. The van der Waals surface area contributed by atoms with Gasteiger partial charge < -0.3 is 15.2 Å². The highest BCUT2D eigenvalue weighted by Crippen LogP contribution is 2.19. The SMILES string of the molecule is CCc1c(C(=O)N[C@H](CC(C)C)C(=O)O)cnn1-c1ccc(OC)cc1. The van der Waals surface area contributed by atoms with Crippen molar-refractivity contribution >= 4 is 11.9 Å². The summed E-state index contributed by atoms with van der Waals surface area (Å²) >= 11 is 0. The summed E-state index contributed by atoms with van der Waals surface area (Å²) in [5.74, 6) is -0.568. The van der Waals surface area contributed by atoms with Crippen LogP contribution in [0.4, 0.5) is 0 Å². The van der Waals surface area contributed by atoms with E-state index in [1.807, 2.05) is 45.0 Å². The van der Waals surface area contributed by atoms with Gasteiger partial charge in [0.1, 0.15) is 11.8 Å². The normalized spacial score (nSPS) is 12.0. The van der Waals surface area contributed by atoms with Crippen LogP contribution in [0.1, 0.15) is 43.2 Å². The highest BCUT2D eigenvalue weighted by Gasteiger charge is 2.24. The monoisotopic (exact) mass is 359 g/mol. The zero-order valence-corrected chi connectivity index (χ0v) is 15.5. The molecule has 2 N–H and O–H groups in total. The standard InChI is InChI=1S/C19H25N3O4/c1-5-17-15(18(23)21-16(19(24)25)10-12(2)3)11-20-22(17)13-6-8-14(26-4)9-7-13/h6-9,11-12,16H,5,10H2,1-4H3,(H,21,23)(H,24,25)/t16-/m1/s1. The molecule has 0 radical (unpaired) electrons. The van der Waals surface area contributed by atoms with Crippen LogP contribution in [-0.2, 0) is 11.2 Å². The number of hydrogen-bond donors (Lipinski definition) is 2. The molecule has 0 unspecified atom stereocenters. The molecule has 26 heavy (non-hydrogen) atoms. The van der Waals surface area contributed by atoms with Crippen LogP contribution in [0.3, 0.4) is 0 Å². The van der Waals surface area contributed by atoms with Crippen LogP contribution in [0.2, 0.25) is 0 Å². The van der Waals surface area contributed by atoms with Crippen molar-refractivity contribution in [2.45, 2.75) is 39.7 Å². The van der Waals surface area contributed by atoms with Gasteiger partial charge in [-0.1, -0.05) is 20.8 Å². The van der Waals surface area contributed by atoms with E-state index < -0.39 is 17.9 Å². The third kappa shape index (κ3) is 4.41. The highest BCUT2D eigenvalue weighted by atomic mass is 16.5. The molecular weight excluding hydrogens is 334 g/mol. The fourth-order valence-electron chi connectivity index (χ4n) is 2.78. The molecule has 0 bridgehead atoms. The number of benzene rings is 1. The maximum atomic E-state index is 12.6. The number of ether oxygens (including phenoxy) is 1. The fourth-order valence-corrected chi connectivity index (χ4v) is 2.78. The van der Waals surface area contributed by atoms with Gasteiger partial charge in [-0.3, -0.25) is 4.79 Å². The van der Waals surface area contributed by atoms with Gasteiger partial charge in [-0.05, 0) is 43.0 Å². The summed E-state index contributed by atoms with van der Waals surface area (Å²) in [6.07, 6.45) is 2.43. The van der Waals surface area contributed by atoms with E-state index >= 15 is 0 Å². The van der Waals surface area contributed by atoms with Crippen LogP contribution in [-0.4, -0.2) is 39.9 Å². The summed E-state index contributed by atoms with van der Waals surface area (Å²) in [5.41, 5.74) is 1.92. The lowest BCUT2D eigenvalue weighted by Crippen LogP contribution is -2.41. The number of carboxylic acid groups (broad SMARTS) is 1. The van der Waals surface area contributed by atoms with Crippen molar-refractivity contribution < 1.29 is 19.4 Å². The van der Waals surface area contributed by atoms with E-state index in [2.05, 4.69) is 10.4 Å². The van der Waals surface area contributed by atoms with Crippen molar-refractivity contribution in [3.8, 4) is 11.4 Å². The molecule has 0 saturated carbocycles. The Hall–Kier alpha value is -2.83. The minimum Gasteiger partial charge on any atom is -0.497 e. The first-order valence-electron chi connectivity index (χ1n) is 8.62. The van der Waals surface area contributed by atoms with Crippen LogP contribution in [0.5, 0.6) is 5.75 Å². The molecule has 2 aromatic rings. The number of methoxy groups -OCH3 is 1. The number of nitrogens with one attached hydrogen (secondary N) is 1. The van der Waals surface area contributed by atoms with Gasteiger partial charge in [-0.2, -0.15) is 5.10 Å². The van der Waals surface area contributed by atoms with Gasteiger partial charge in [0.25, 0.3) is 5.91 Å². The third-order valence-corrected chi connectivity index (χ3v) is 4.08. The van der Waals surface area contributed by atoms with Gasteiger partial charge in [0.05, 0.1) is 30.3 Å². The summed E-state index contributed by atoms with van der Waals surface area (Å²) in [7, 11) is 1.60. The van der Waals surface area contributed by atoms with E-state index in [1.165, 1.54) is 6.20 Å². The Morgan fingerprint density at radius 2 is 1.92 bits per heavy atom. The van der Waals surface area contributed by atoms with Gasteiger partial charge >= 0.3 is 5.97 Å². The minimum atomic E-state index is -1.03. The second-order valence-corrected chi connectivity index (χ2v) is 6.46. The molecule has 7 heteroatoms. The second-order valence-electron chi connectivity index (χ2n) is 6.46. The van der Waals surface area contributed by atoms with Gasteiger partial charge in [0.2, 0.25) is 0 Å². The third-order valence-electron chi connectivity index (χ3n) is 4.08. The lowest BCUT2D eigenvalue weighted by Gasteiger charge is -2.16. The van der Waals surface area contributed by atoms with E-state index in [-0.39, 0.29) is 5.92 Å². The van der Waals surface area contributed by atoms with Gasteiger partial charge in [-0.25, -0.2) is 9.48 Å². The number of aliphatic carboxylic acids is 1. The second kappa shape index (κ2) is 8.51. The molecule has 1 aromatic carbocycles. The van der Waals surface area contributed by atoms with Crippen LogP contribution in [0.15, 0.2) is 30.5 Å². The molecule has 0 aliphatic rings. The molecule has 0 fully saturated rings. The summed E-state index contributed by atoms with van der Waals surface area (Å²) in [4.78, 5) is 24.0. The number of carboxylic acids is 1. The van der Waals surface area contributed by atoms with E-state index in [0.717, 1.165) is 17.1 Å². The van der Waals surface area contributed by atoms with Gasteiger partial charge in [0.15, 0.2) is 0 Å². The van der Waals surface area contributed by atoms with Crippen molar-refractivity contribution in [1.29, 1.82) is 0 Å². The number of amides is 1. The minimum absolute atomic E-state index is 0.157. The topological polar surface area (TPSA) is 93.5 Å². The predicted molar refractivity (Wildman–Crippen MR) is 97.8 cm³/mol. The molecule has 140 valence electrons.